The standard InChI is InChI=1S/C21H25F2N5O2.H2/c1-4-28-12(2)11-30-20-18(28)16(13(3)29)7-17(23)19(20)27-6-5-15(10-27)26-21-24-8-14(22)9-25-21;/h7-9,12,15H,4-6,10-11H2,1-3H3,(H,24,25,26);1H/t12?,15-;/m1./s1. The summed E-state index contributed by atoms with van der Waals surface area (Å²) in [6, 6.07) is 1.38. The Hall–Kier alpha value is -2.97. The second-order valence-corrected chi connectivity index (χ2v) is 7.74. The van der Waals surface area contributed by atoms with E-state index in [1.165, 1.54) is 13.0 Å². The fraction of sp³-hybridized carbons (Fsp3) is 0.476. The van der Waals surface area contributed by atoms with Gasteiger partial charge in [0, 0.05) is 32.7 Å². The lowest BCUT2D eigenvalue weighted by molar-refractivity contribution is 0.101. The van der Waals surface area contributed by atoms with Crippen LogP contribution in [0.1, 0.15) is 39.0 Å². The maximum atomic E-state index is 15.2. The molecule has 2 aromatic rings. The van der Waals surface area contributed by atoms with Crippen LogP contribution in [0, 0.1) is 11.6 Å². The Kier molecular flexibility index (Phi) is 5.44. The lowest BCUT2D eigenvalue weighted by Gasteiger charge is -2.39. The van der Waals surface area contributed by atoms with E-state index < -0.39 is 11.6 Å². The van der Waals surface area contributed by atoms with Crippen LogP contribution in [0.3, 0.4) is 0 Å². The van der Waals surface area contributed by atoms with E-state index in [2.05, 4.69) is 20.2 Å². The highest BCUT2D eigenvalue weighted by Gasteiger charge is 2.35. The van der Waals surface area contributed by atoms with Gasteiger partial charge >= 0.3 is 0 Å². The molecule has 0 saturated carbocycles. The zero-order valence-electron chi connectivity index (χ0n) is 17.3. The molecule has 0 bridgehead atoms. The largest absolute Gasteiger partial charge is 0.487 e. The molecule has 1 unspecified atom stereocenters. The molecule has 162 valence electrons. The number of rotatable bonds is 5. The number of carbonyl (C=O) groups excluding carboxylic acids is 1. The highest BCUT2D eigenvalue weighted by Crippen LogP contribution is 2.47. The average Bonchev–Trinajstić information content (AvgIpc) is 3.17. The molecule has 1 fully saturated rings. The van der Waals surface area contributed by atoms with Crippen molar-refractivity contribution in [3.05, 3.63) is 35.7 Å². The Morgan fingerprint density at radius 1 is 1.33 bits per heavy atom. The molecule has 2 aliphatic heterocycles. The van der Waals surface area contributed by atoms with E-state index in [-0.39, 0.29) is 19.3 Å². The molecule has 0 aliphatic carbocycles. The zero-order chi connectivity index (χ0) is 21.4. The molecule has 0 spiro atoms. The van der Waals surface area contributed by atoms with Crippen LogP contribution < -0.4 is 19.9 Å². The third-order valence-corrected chi connectivity index (χ3v) is 5.65. The van der Waals surface area contributed by atoms with Crippen LogP contribution in [-0.2, 0) is 0 Å². The van der Waals surface area contributed by atoms with Crippen LogP contribution in [0.25, 0.3) is 0 Å². The van der Waals surface area contributed by atoms with Crippen molar-refractivity contribution in [3.8, 4) is 5.75 Å². The molecule has 1 aromatic heterocycles. The third kappa shape index (κ3) is 3.64. The van der Waals surface area contributed by atoms with Crippen LogP contribution >= 0.6 is 0 Å². The van der Waals surface area contributed by atoms with E-state index in [1.54, 1.807) is 0 Å². The monoisotopic (exact) mass is 419 g/mol. The molecule has 1 aromatic carbocycles. The zero-order valence-corrected chi connectivity index (χ0v) is 17.3. The quantitative estimate of drug-likeness (QED) is 0.744. The summed E-state index contributed by atoms with van der Waals surface area (Å²) in [4.78, 5) is 24.1. The van der Waals surface area contributed by atoms with E-state index in [4.69, 9.17) is 4.74 Å². The summed E-state index contributed by atoms with van der Waals surface area (Å²) in [7, 11) is 0. The Balaban J connectivity index is 0.00000272. The summed E-state index contributed by atoms with van der Waals surface area (Å²) >= 11 is 0. The molecule has 7 nitrogen and oxygen atoms in total. The molecular formula is C21H27F2N5O2. The minimum Gasteiger partial charge on any atom is -0.487 e. The third-order valence-electron chi connectivity index (χ3n) is 5.65. The summed E-state index contributed by atoms with van der Waals surface area (Å²) in [6.07, 6.45) is 2.94. The van der Waals surface area contributed by atoms with E-state index in [9.17, 15) is 9.18 Å². The van der Waals surface area contributed by atoms with E-state index in [0.29, 0.717) is 54.9 Å². The molecule has 4 rings (SSSR count). The van der Waals surface area contributed by atoms with E-state index >= 15 is 4.39 Å². The van der Waals surface area contributed by atoms with Gasteiger partial charge in [0.25, 0.3) is 0 Å². The summed E-state index contributed by atoms with van der Waals surface area (Å²) in [5.41, 5.74) is 1.39. The van der Waals surface area contributed by atoms with Gasteiger partial charge in [-0.2, -0.15) is 0 Å². The smallest absolute Gasteiger partial charge is 0.223 e. The molecule has 9 heteroatoms. The first-order chi connectivity index (χ1) is 14.4. The van der Waals surface area contributed by atoms with Gasteiger partial charge in [-0.25, -0.2) is 18.7 Å². The number of carbonyl (C=O) groups is 1. The minimum absolute atomic E-state index is 0. The molecule has 0 amide bonds. The fourth-order valence-corrected chi connectivity index (χ4v) is 4.23. The fourth-order valence-electron chi connectivity index (χ4n) is 4.23. The number of ketones is 1. The molecule has 2 aliphatic rings. The molecule has 0 radical (unpaired) electrons. The number of aromatic nitrogens is 2. The van der Waals surface area contributed by atoms with Crippen molar-refractivity contribution >= 4 is 23.1 Å². The van der Waals surface area contributed by atoms with Gasteiger partial charge in [0.1, 0.15) is 12.3 Å². The van der Waals surface area contributed by atoms with Crippen LogP contribution in [0.4, 0.5) is 26.1 Å². The number of Topliss-reactive ketones (excluding diaryl/α,β-unsaturated/α-hetero) is 1. The lowest BCUT2D eigenvalue weighted by Crippen LogP contribution is -2.42. The number of nitrogens with one attached hydrogen (secondary N) is 1. The van der Waals surface area contributed by atoms with Gasteiger partial charge in [-0.15, -0.1) is 0 Å². The van der Waals surface area contributed by atoms with Crippen molar-refractivity contribution in [1.29, 1.82) is 0 Å². The highest BCUT2D eigenvalue weighted by atomic mass is 19.1. The number of nitrogens with zero attached hydrogens (tertiary/aromatic N) is 4. The Labute approximate surface area is 175 Å². The van der Waals surface area contributed by atoms with Gasteiger partial charge < -0.3 is 19.9 Å². The molecular weight excluding hydrogens is 392 g/mol. The SMILES string of the molecule is CCN1c2c(C(C)=O)cc(F)c(N3CC[C@@H](Nc4ncc(F)cn4)C3)c2OCC1C.[HH]. The summed E-state index contributed by atoms with van der Waals surface area (Å²) in [6.45, 7) is 7.71. The van der Waals surface area contributed by atoms with Crippen LogP contribution in [0.2, 0.25) is 0 Å². The maximum Gasteiger partial charge on any atom is 0.223 e. The van der Waals surface area contributed by atoms with Crippen molar-refractivity contribution in [2.75, 3.05) is 41.4 Å². The van der Waals surface area contributed by atoms with Gasteiger partial charge in [0.05, 0.1) is 24.1 Å². The number of fused-ring (bicyclic) bond motifs is 1. The van der Waals surface area contributed by atoms with E-state index in [0.717, 1.165) is 18.8 Å². The predicted molar refractivity (Wildman–Crippen MR) is 113 cm³/mol. The molecule has 30 heavy (non-hydrogen) atoms. The maximum absolute atomic E-state index is 15.2. The number of hydrogen-bond acceptors (Lipinski definition) is 7. The summed E-state index contributed by atoms with van der Waals surface area (Å²) < 4.78 is 34.2. The first kappa shape index (κ1) is 20.3. The van der Waals surface area contributed by atoms with Gasteiger partial charge in [-0.05, 0) is 33.3 Å². The van der Waals surface area contributed by atoms with Crippen molar-refractivity contribution in [2.45, 2.75) is 39.3 Å². The van der Waals surface area contributed by atoms with Crippen LogP contribution in [0.15, 0.2) is 18.5 Å². The topological polar surface area (TPSA) is 70.6 Å². The molecule has 1 N–H and O–H groups in total. The van der Waals surface area contributed by atoms with Gasteiger partial charge in [0.2, 0.25) is 5.95 Å². The Morgan fingerprint density at radius 2 is 2.07 bits per heavy atom. The van der Waals surface area contributed by atoms with Crippen molar-refractivity contribution in [3.63, 3.8) is 0 Å². The molecule has 2 atom stereocenters. The van der Waals surface area contributed by atoms with Crippen LogP contribution in [0.5, 0.6) is 5.75 Å². The van der Waals surface area contributed by atoms with Crippen molar-refractivity contribution in [1.82, 2.24) is 9.97 Å². The number of benzene rings is 1. The van der Waals surface area contributed by atoms with E-state index in [1.807, 2.05) is 18.7 Å². The number of hydrogen-bond donors (Lipinski definition) is 1. The van der Waals surface area contributed by atoms with Crippen molar-refractivity contribution < 1.29 is 19.7 Å². The number of anilines is 3. The lowest BCUT2D eigenvalue weighted by atomic mass is 10.0. The van der Waals surface area contributed by atoms with Gasteiger partial charge in [0.15, 0.2) is 23.2 Å². The Morgan fingerprint density at radius 3 is 2.73 bits per heavy atom. The number of halogens is 2. The second-order valence-electron chi connectivity index (χ2n) is 7.74. The first-order valence-corrected chi connectivity index (χ1v) is 10.1. The highest BCUT2D eigenvalue weighted by molar-refractivity contribution is 6.03. The first-order valence-electron chi connectivity index (χ1n) is 10.1. The predicted octanol–water partition coefficient (Wildman–Crippen LogP) is 3.50. The molecule has 1 saturated heterocycles. The van der Waals surface area contributed by atoms with Gasteiger partial charge in [-0.3, -0.25) is 4.79 Å². The Bertz CT molecular complexity index is 960. The molecule has 3 heterocycles. The second kappa shape index (κ2) is 8.04. The number of ether oxygens (including phenoxy) is 1. The number of likely N-dealkylation sites (N-methyl/N-ethyl adjacent to an activating group) is 1. The minimum atomic E-state index is -0.500. The van der Waals surface area contributed by atoms with Crippen LogP contribution in [-0.4, -0.2) is 54.1 Å². The van der Waals surface area contributed by atoms with Crippen molar-refractivity contribution in [2.24, 2.45) is 0 Å². The normalized spacial score (nSPS) is 20.7. The summed E-state index contributed by atoms with van der Waals surface area (Å²) in [5, 5.41) is 3.17. The summed E-state index contributed by atoms with van der Waals surface area (Å²) in [5.74, 6) is -0.399. The average molecular weight is 419 g/mol. The van der Waals surface area contributed by atoms with Gasteiger partial charge in [-0.1, -0.05) is 0 Å².